The lowest BCUT2D eigenvalue weighted by Crippen LogP contribution is -2.40. The fraction of sp³-hybridized carbons (Fsp3) is 0.179. The maximum atomic E-state index is 13.8. The monoisotopic (exact) mass is 568 g/mol. The van der Waals surface area contributed by atoms with E-state index in [0.717, 1.165) is 0 Å². The SMILES string of the molecule is CCOC(=O)C1=C(C)N=c2sc(=Cc3ccc(-c4ccc(Cl)cc4Cl)o3)c(=O)n2C1c1ccccc1OC. The summed E-state index contributed by atoms with van der Waals surface area (Å²) in [5, 5.41) is 0.977. The molecule has 0 fully saturated rings. The van der Waals surface area contributed by atoms with Crippen LogP contribution in [0.2, 0.25) is 10.0 Å². The summed E-state index contributed by atoms with van der Waals surface area (Å²) in [7, 11) is 1.55. The summed E-state index contributed by atoms with van der Waals surface area (Å²) in [6, 6.07) is 15.2. The fourth-order valence-corrected chi connectivity index (χ4v) is 5.90. The van der Waals surface area contributed by atoms with Crippen molar-refractivity contribution in [1.29, 1.82) is 0 Å². The fourth-order valence-electron chi connectivity index (χ4n) is 4.37. The van der Waals surface area contributed by atoms with Crippen molar-refractivity contribution in [2.24, 2.45) is 4.99 Å². The van der Waals surface area contributed by atoms with Crippen molar-refractivity contribution in [2.75, 3.05) is 13.7 Å². The number of methoxy groups -OCH3 is 1. The van der Waals surface area contributed by atoms with Gasteiger partial charge in [-0.25, -0.2) is 9.79 Å². The van der Waals surface area contributed by atoms with E-state index in [1.807, 2.05) is 18.2 Å². The Bertz CT molecular complexity index is 1770. The molecule has 0 radical (unpaired) electrons. The predicted octanol–water partition coefficient (Wildman–Crippen LogP) is 5.37. The molecule has 4 aromatic rings. The number of nitrogens with zero attached hydrogens (tertiary/aromatic N) is 2. The molecule has 0 N–H and O–H groups in total. The van der Waals surface area contributed by atoms with Crippen LogP contribution < -0.4 is 19.6 Å². The highest BCUT2D eigenvalue weighted by Gasteiger charge is 2.35. The second-order valence-corrected chi connectivity index (χ2v) is 10.2. The van der Waals surface area contributed by atoms with Crippen LogP contribution in [-0.4, -0.2) is 24.3 Å². The van der Waals surface area contributed by atoms with Crippen molar-refractivity contribution in [1.82, 2.24) is 4.57 Å². The molecule has 38 heavy (non-hydrogen) atoms. The summed E-state index contributed by atoms with van der Waals surface area (Å²) in [6.45, 7) is 3.66. The minimum atomic E-state index is -0.774. The summed E-state index contributed by atoms with van der Waals surface area (Å²) in [4.78, 5) is 31.9. The van der Waals surface area contributed by atoms with Gasteiger partial charge in [0.15, 0.2) is 4.80 Å². The van der Waals surface area contributed by atoms with E-state index < -0.39 is 12.0 Å². The molecule has 194 valence electrons. The van der Waals surface area contributed by atoms with E-state index in [1.165, 1.54) is 15.9 Å². The Balaban J connectivity index is 1.66. The molecular formula is C28H22Cl2N2O5S. The molecular weight excluding hydrogens is 547 g/mol. The van der Waals surface area contributed by atoms with Crippen LogP contribution in [0.3, 0.4) is 0 Å². The number of halogens is 2. The zero-order valence-electron chi connectivity index (χ0n) is 20.7. The first kappa shape index (κ1) is 26.0. The molecule has 0 saturated carbocycles. The number of esters is 1. The number of thiazole rings is 1. The van der Waals surface area contributed by atoms with Gasteiger partial charge in [0.25, 0.3) is 5.56 Å². The lowest BCUT2D eigenvalue weighted by atomic mass is 9.95. The normalized spacial score (nSPS) is 15.3. The summed E-state index contributed by atoms with van der Waals surface area (Å²) in [6.07, 6.45) is 1.65. The molecule has 1 atom stereocenters. The minimum Gasteiger partial charge on any atom is -0.496 e. The van der Waals surface area contributed by atoms with Crippen molar-refractivity contribution < 1.29 is 18.7 Å². The summed E-state index contributed by atoms with van der Waals surface area (Å²) >= 11 is 13.5. The maximum Gasteiger partial charge on any atom is 0.338 e. The first-order chi connectivity index (χ1) is 18.3. The van der Waals surface area contributed by atoms with E-state index in [0.29, 0.717) is 53.5 Å². The minimum absolute atomic E-state index is 0.192. The molecule has 2 aromatic heterocycles. The summed E-state index contributed by atoms with van der Waals surface area (Å²) in [5.74, 6) is 1.01. The first-order valence-electron chi connectivity index (χ1n) is 11.7. The molecule has 1 aliphatic heterocycles. The van der Waals surface area contributed by atoms with Crippen LogP contribution in [0.15, 0.2) is 80.1 Å². The van der Waals surface area contributed by atoms with E-state index in [2.05, 4.69) is 4.99 Å². The van der Waals surface area contributed by atoms with Gasteiger partial charge in [0.2, 0.25) is 0 Å². The molecule has 1 aliphatic rings. The number of ether oxygens (including phenoxy) is 2. The highest BCUT2D eigenvalue weighted by atomic mass is 35.5. The van der Waals surface area contributed by atoms with Gasteiger partial charge in [-0.1, -0.05) is 52.7 Å². The number of allylic oxidation sites excluding steroid dienone is 1. The van der Waals surface area contributed by atoms with Crippen LogP contribution in [-0.2, 0) is 9.53 Å². The first-order valence-corrected chi connectivity index (χ1v) is 13.3. The van der Waals surface area contributed by atoms with Gasteiger partial charge in [-0.05, 0) is 50.2 Å². The van der Waals surface area contributed by atoms with E-state index in [9.17, 15) is 9.59 Å². The molecule has 0 aliphatic carbocycles. The number of furan rings is 1. The second-order valence-electron chi connectivity index (χ2n) is 8.37. The number of carbonyl (C=O) groups is 1. The number of fused-ring (bicyclic) bond motifs is 1. The Hall–Kier alpha value is -3.59. The quantitative estimate of drug-likeness (QED) is 0.292. The molecule has 5 rings (SSSR count). The van der Waals surface area contributed by atoms with Gasteiger partial charge in [-0.3, -0.25) is 9.36 Å². The highest BCUT2D eigenvalue weighted by molar-refractivity contribution is 7.07. The molecule has 1 unspecified atom stereocenters. The second kappa shape index (κ2) is 10.6. The maximum absolute atomic E-state index is 13.8. The number of carbonyl (C=O) groups excluding carboxylic acids is 1. The number of aromatic nitrogens is 1. The number of rotatable bonds is 6. The molecule has 0 saturated heterocycles. The lowest BCUT2D eigenvalue weighted by Gasteiger charge is -2.25. The Labute approximate surface area is 231 Å². The third-order valence-corrected chi connectivity index (χ3v) is 7.58. The Morgan fingerprint density at radius 2 is 1.97 bits per heavy atom. The van der Waals surface area contributed by atoms with Crippen LogP contribution >= 0.6 is 34.5 Å². The smallest absolute Gasteiger partial charge is 0.338 e. The predicted molar refractivity (Wildman–Crippen MR) is 148 cm³/mol. The van der Waals surface area contributed by atoms with Crippen molar-refractivity contribution in [3.05, 3.63) is 107 Å². The van der Waals surface area contributed by atoms with Gasteiger partial charge in [-0.15, -0.1) is 0 Å². The highest BCUT2D eigenvalue weighted by Crippen LogP contribution is 2.36. The van der Waals surface area contributed by atoms with Crippen LogP contribution in [0.4, 0.5) is 0 Å². The molecule has 0 spiro atoms. The topological polar surface area (TPSA) is 83.0 Å². The van der Waals surface area contributed by atoms with Crippen molar-refractivity contribution >= 4 is 46.6 Å². The molecule has 0 bridgehead atoms. The van der Waals surface area contributed by atoms with Crippen LogP contribution in [0, 0.1) is 0 Å². The van der Waals surface area contributed by atoms with Crippen LogP contribution in [0.1, 0.15) is 31.2 Å². The molecule has 10 heteroatoms. The van der Waals surface area contributed by atoms with Crippen LogP contribution in [0.25, 0.3) is 17.4 Å². The van der Waals surface area contributed by atoms with Gasteiger partial charge < -0.3 is 13.9 Å². The van der Waals surface area contributed by atoms with Gasteiger partial charge in [0.1, 0.15) is 23.3 Å². The number of hydrogen-bond acceptors (Lipinski definition) is 7. The number of para-hydroxylation sites is 1. The number of benzene rings is 2. The van der Waals surface area contributed by atoms with Gasteiger partial charge in [0, 0.05) is 22.2 Å². The number of hydrogen-bond donors (Lipinski definition) is 0. The Morgan fingerprint density at radius 1 is 1.18 bits per heavy atom. The molecule has 7 nitrogen and oxygen atoms in total. The molecule has 2 aromatic carbocycles. The van der Waals surface area contributed by atoms with E-state index in [-0.39, 0.29) is 17.7 Å². The Morgan fingerprint density at radius 3 is 2.71 bits per heavy atom. The lowest BCUT2D eigenvalue weighted by molar-refractivity contribution is -0.139. The zero-order valence-corrected chi connectivity index (χ0v) is 23.0. The zero-order chi connectivity index (χ0) is 27.0. The van der Waals surface area contributed by atoms with E-state index >= 15 is 0 Å². The van der Waals surface area contributed by atoms with Gasteiger partial charge in [0.05, 0.1) is 34.5 Å². The average molecular weight is 569 g/mol. The average Bonchev–Trinajstić information content (AvgIpc) is 3.47. The van der Waals surface area contributed by atoms with Crippen molar-refractivity contribution in [3.8, 4) is 17.1 Å². The van der Waals surface area contributed by atoms with Crippen molar-refractivity contribution in [2.45, 2.75) is 19.9 Å². The largest absolute Gasteiger partial charge is 0.496 e. The van der Waals surface area contributed by atoms with E-state index in [4.69, 9.17) is 37.1 Å². The molecule has 0 amide bonds. The van der Waals surface area contributed by atoms with E-state index in [1.54, 1.807) is 63.4 Å². The van der Waals surface area contributed by atoms with Crippen LogP contribution in [0.5, 0.6) is 5.75 Å². The Kier molecular flexibility index (Phi) is 7.29. The third-order valence-electron chi connectivity index (χ3n) is 6.05. The standard InChI is InChI=1S/C28H22Cl2N2O5S/c1-4-36-27(34)24-15(2)31-28-32(25(24)19-7-5-6-8-21(19)35-3)26(33)23(38-28)14-17-10-12-22(37-17)18-11-9-16(29)13-20(18)30/h5-14,25H,4H2,1-3H3. The third kappa shape index (κ3) is 4.71. The molecule has 3 heterocycles. The van der Waals surface area contributed by atoms with Gasteiger partial charge >= 0.3 is 5.97 Å². The van der Waals surface area contributed by atoms with Crippen molar-refractivity contribution in [3.63, 3.8) is 0 Å². The summed E-state index contributed by atoms with van der Waals surface area (Å²) < 4.78 is 18.8. The summed E-state index contributed by atoms with van der Waals surface area (Å²) in [5.41, 5.74) is 1.78. The van der Waals surface area contributed by atoms with Gasteiger partial charge in [-0.2, -0.15) is 0 Å².